The van der Waals surface area contributed by atoms with Crippen molar-refractivity contribution >= 4 is 48.6 Å². The summed E-state index contributed by atoms with van der Waals surface area (Å²) in [5.74, 6) is -0.424. The van der Waals surface area contributed by atoms with Gasteiger partial charge in [0, 0.05) is 0 Å². The molecule has 4 nitrogen and oxygen atoms in total. The monoisotopic (exact) mass is 430 g/mol. The summed E-state index contributed by atoms with van der Waals surface area (Å²) in [6.45, 7) is 3.97. The molecule has 0 saturated carbocycles. The molecule has 2 heterocycles. The van der Waals surface area contributed by atoms with Gasteiger partial charge in [-0.25, -0.2) is 0 Å². The van der Waals surface area contributed by atoms with Gasteiger partial charge in [-0.2, -0.15) is 0 Å². The molecule has 0 N–H and O–H groups in total. The van der Waals surface area contributed by atoms with Gasteiger partial charge in [-0.1, -0.05) is 0 Å². The van der Waals surface area contributed by atoms with E-state index in [1.807, 2.05) is 13.0 Å². The zero-order valence-corrected chi connectivity index (χ0v) is 16.7. The van der Waals surface area contributed by atoms with Crippen molar-refractivity contribution < 1.29 is 9.53 Å². The normalized spacial score (nSPS) is 14.9. The molecule has 2 aromatic rings. The number of rotatable bonds is 4. The Kier molecular flexibility index (Phi) is 5.16. The van der Waals surface area contributed by atoms with Crippen LogP contribution in [0.4, 0.5) is 0 Å². The Morgan fingerprint density at radius 2 is 2.17 bits per heavy atom. The van der Waals surface area contributed by atoms with Gasteiger partial charge in [-0.15, -0.1) is 0 Å². The van der Waals surface area contributed by atoms with Crippen LogP contribution >= 0.6 is 23.2 Å². The number of nitrogens with zero attached hydrogens (tertiary/aromatic N) is 2. The first-order valence-electron chi connectivity index (χ1n) is 7.38. The number of hydrogen-bond donors (Lipinski definition) is 0. The standard InChI is InChI=1S/C17H16Cl2N2O2Se/c1-3-23-17(22)15-10(2)16(14-5-4-8-24-14)21(20-15)13-7-6-11(18)9-12(13)19/h4-9H,3,24H2,1-2H3. The van der Waals surface area contributed by atoms with E-state index in [1.54, 1.807) is 29.8 Å². The Bertz CT molecular complexity index is 872. The molecule has 1 aromatic carbocycles. The molecule has 7 heteroatoms. The van der Waals surface area contributed by atoms with Crippen LogP contribution in [0.5, 0.6) is 0 Å². The average molecular weight is 430 g/mol. The van der Waals surface area contributed by atoms with Crippen molar-refractivity contribution in [3.8, 4) is 5.69 Å². The van der Waals surface area contributed by atoms with Crippen LogP contribution in [-0.4, -0.2) is 37.3 Å². The summed E-state index contributed by atoms with van der Waals surface area (Å²) in [6, 6.07) is 5.23. The van der Waals surface area contributed by atoms with Crippen LogP contribution in [0.3, 0.4) is 0 Å². The Hall–Kier alpha value is -1.52. The van der Waals surface area contributed by atoms with Crippen molar-refractivity contribution in [2.45, 2.75) is 13.8 Å². The van der Waals surface area contributed by atoms with Gasteiger partial charge in [0.05, 0.1) is 0 Å². The third-order valence-corrected chi connectivity index (χ3v) is 6.37. The molecule has 0 aliphatic carbocycles. The van der Waals surface area contributed by atoms with Crippen LogP contribution in [0, 0.1) is 6.92 Å². The van der Waals surface area contributed by atoms with Crippen molar-refractivity contribution in [1.29, 1.82) is 0 Å². The number of hydrogen-bond acceptors (Lipinski definition) is 3. The van der Waals surface area contributed by atoms with Crippen LogP contribution < -0.4 is 0 Å². The van der Waals surface area contributed by atoms with Gasteiger partial charge < -0.3 is 0 Å². The predicted octanol–water partition coefficient (Wildman–Crippen LogP) is 3.70. The van der Waals surface area contributed by atoms with E-state index in [0.29, 0.717) is 28.0 Å². The maximum atomic E-state index is 12.2. The molecule has 1 aliphatic heterocycles. The molecule has 3 rings (SSSR count). The molecule has 0 unspecified atom stereocenters. The van der Waals surface area contributed by atoms with E-state index in [0.717, 1.165) is 11.3 Å². The maximum absolute atomic E-state index is 12.2. The van der Waals surface area contributed by atoms with Gasteiger partial charge in [0.25, 0.3) is 0 Å². The SMILES string of the molecule is CCOC(=O)c1nn(-c2ccc(Cl)cc2Cl)c(C2=CC=C[SeH2]2)c1C. The van der Waals surface area contributed by atoms with E-state index in [9.17, 15) is 4.79 Å². The molecule has 0 atom stereocenters. The van der Waals surface area contributed by atoms with Crippen molar-refractivity contribution in [2.75, 3.05) is 6.61 Å². The minimum absolute atomic E-state index is 0.306. The van der Waals surface area contributed by atoms with Gasteiger partial charge in [0.2, 0.25) is 0 Å². The fraction of sp³-hybridized carbons (Fsp3) is 0.176. The Morgan fingerprint density at radius 3 is 2.79 bits per heavy atom. The topological polar surface area (TPSA) is 44.1 Å². The molecule has 0 radical (unpaired) electrons. The number of carbonyl (C=O) groups excluding carboxylic acids is 1. The number of aromatic nitrogens is 2. The summed E-state index contributed by atoms with van der Waals surface area (Å²) in [4.78, 5) is 14.4. The Morgan fingerprint density at radius 1 is 1.38 bits per heavy atom. The van der Waals surface area contributed by atoms with E-state index in [1.165, 1.54) is 4.47 Å². The molecule has 126 valence electrons. The van der Waals surface area contributed by atoms with Crippen LogP contribution in [-0.2, 0) is 4.74 Å². The molecule has 0 saturated heterocycles. The van der Waals surface area contributed by atoms with E-state index >= 15 is 0 Å². The fourth-order valence-electron chi connectivity index (χ4n) is 2.51. The van der Waals surface area contributed by atoms with E-state index in [2.05, 4.69) is 16.1 Å². The summed E-state index contributed by atoms with van der Waals surface area (Å²) in [7, 11) is 0. The average Bonchev–Trinajstić information content (AvgIpc) is 3.15. The second kappa shape index (κ2) is 7.16. The van der Waals surface area contributed by atoms with Gasteiger partial charge in [0.1, 0.15) is 0 Å². The molecule has 0 amide bonds. The third-order valence-electron chi connectivity index (χ3n) is 3.58. The van der Waals surface area contributed by atoms with E-state index < -0.39 is 20.9 Å². The minimum atomic E-state index is -0.424. The second-order valence-electron chi connectivity index (χ2n) is 5.13. The molecule has 0 bridgehead atoms. The van der Waals surface area contributed by atoms with Crippen molar-refractivity contribution in [3.05, 3.63) is 62.3 Å². The third kappa shape index (κ3) is 3.17. The summed E-state index contributed by atoms with van der Waals surface area (Å²) in [6.07, 6.45) is 4.11. The van der Waals surface area contributed by atoms with Crippen LogP contribution in [0.25, 0.3) is 10.2 Å². The van der Waals surface area contributed by atoms with Crippen molar-refractivity contribution in [1.82, 2.24) is 9.78 Å². The summed E-state index contributed by atoms with van der Waals surface area (Å²) in [5, 5.41) is 5.53. The number of halogens is 2. The molecule has 24 heavy (non-hydrogen) atoms. The number of esters is 1. The molecule has 0 spiro atoms. The molecular weight excluding hydrogens is 414 g/mol. The molecule has 1 aromatic heterocycles. The first-order chi connectivity index (χ1) is 11.5. The number of carbonyl (C=O) groups is 1. The quantitative estimate of drug-likeness (QED) is 0.549. The summed E-state index contributed by atoms with van der Waals surface area (Å²) in [5.41, 5.74) is 2.72. The second-order valence-corrected chi connectivity index (χ2v) is 8.41. The number of benzene rings is 1. The molecule has 1 aliphatic rings. The van der Waals surface area contributed by atoms with Crippen molar-refractivity contribution in [3.63, 3.8) is 0 Å². The Labute approximate surface area is 156 Å². The van der Waals surface area contributed by atoms with E-state index in [4.69, 9.17) is 27.9 Å². The molecule has 0 fully saturated rings. The zero-order chi connectivity index (χ0) is 17.3. The van der Waals surface area contributed by atoms with Gasteiger partial charge in [-0.3, -0.25) is 0 Å². The first-order valence-corrected chi connectivity index (χ1v) is 10.4. The van der Waals surface area contributed by atoms with Crippen LogP contribution in [0.15, 0.2) is 35.3 Å². The number of allylic oxidation sites excluding steroid dienone is 2. The van der Waals surface area contributed by atoms with Crippen LogP contribution in [0.2, 0.25) is 10.0 Å². The summed E-state index contributed by atoms with van der Waals surface area (Å²) >= 11 is 12.0. The molecular formula is C17H16Cl2N2O2Se. The van der Waals surface area contributed by atoms with Crippen LogP contribution in [0.1, 0.15) is 28.7 Å². The first kappa shape index (κ1) is 17.3. The fourth-order valence-corrected chi connectivity index (χ4v) is 5.09. The van der Waals surface area contributed by atoms with Gasteiger partial charge in [0.15, 0.2) is 0 Å². The predicted molar refractivity (Wildman–Crippen MR) is 99.9 cm³/mol. The number of ether oxygens (including phenoxy) is 1. The summed E-state index contributed by atoms with van der Waals surface area (Å²) < 4.78 is 8.05. The van der Waals surface area contributed by atoms with Gasteiger partial charge >= 0.3 is 156 Å². The van der Waals surface area contributed by atoms with E-state index in [-0.39, 0.29) is 0 Å². The van der Waals surface area contributed by atoms with Gasteiger partial charge in [-0.05, 0) is 0 Å². The van der Waals surface area contributed by atoms with Crippen molar-refractivity contribution in [2.24, 2.45) is 0 Å². The Balaban J connectivity index is 2.20. The zero-order valence-electron chi connectivity index (χ0n) is 13.1.